The molecule has 2 aromatic heterocycles. The van der Waals surface area contributed by atoms with Gasteiger partial charge in [0.25, 0.3) is 5.91 Å². The fraction of sp³-hybridized carbons (Fsp3) is 0.231. The third kappa shape index (κ3) is 2.07. The van der Waals surface area contributed by atoms with Crippen LogP contribution in [0.1, 0.15) is 26.7 Å². The van der Waals surface area contributed by atoms with Gasteiger partial charge in [0.2, 0.25) is 0 Å². The zero-order valence-corrected chi connectivity index (χ0v) is 10.6. The molecule has 0 spiro atoms. The molecule has 0 aliphatic rings. The van der Waals surface area contributed by atoms with Crippen LogP contribution in [0.25, 0.3) is 0 Å². The first-order valence-electron chi connectivity index (χ1n) is 5.58. The van der Waals surface area contributed by atoms with Crippen LogP contribution in [0, 0.1) is 6.92 Å². The number of anilines is 1. The van der Waals surface area contributed by atoms with Gasteiger partial charge < -0.3 is 14.5 Å². The van der Waals surface area contributed by atoms with Crippen LogP contribution in [0.15, 0.2) is 24.4 Å². The van der Waals surface area contributed by atoms with E-state index in [1.165, 1.54) is 0 Å². The summed E-state index contributed by atoms with van der Waals surface area (Å²) in [7, 11) is 3.60. The Morgan fingerprint density at radius 3 is 2.56 bits per heavy atom. The lowest BCUT2D eigenvalue weighted by Crippen LogP contribution is -2.15. The third-order valence-electron chi connectivity index (χ3n) is 3.03. The van der Waals surface area contributed by atoms with E-state index in [1.807, 2.05) is 24.6 Å². The number of amides is 1. The van der Waals surface area contributed by atoms with Crippen LogP contribution >= 0.6 is 0 Å². The standard InChI is InChI=1S/C13H15N3O2/c1-9-4-5-12(16(9)3)13(18)14-10-6-11(8-17)15(2)7-10/h4-8H,1-3H3,(H,14,18). The highest BCUT2D eigenvalue weighted by Crippen LogP contribution is 2.13. The van der Waals surface area contributed by atoms with Crippen LogP contribution in [0.2, 0.25) is 0 Å². The van der Waals surface area contributed by atoms with Gasteiger partial charge in [-0.25, -0.2) is 0 Å². The molecule has 0 aliphatic heterocycles. The summed E-state index contributed by atoms with van der Waals surface area (Å²) in [6.45, 7) is 1.93. The lowest BCUT2D eigenvalue weighted by atomic mass is 10.3. The summed E-state index contributed by atoms with van der Waals surface area (Å²) < 4.78 is 3.48. The molecular weight excluding hydrogens is 230 g/mol. The molecule has 2 heterocycles. The van der Waals surface area contributed by atoms with Gasteiger partial charge in [0, 0.05) is 26.0 Å². The topological polar surface area (TPSA) is 56.0 Å². The Kier molecular flexibility index (Phi) is 3.06. The van der Waals surface area contributed by atoms with Gasteiger partial charge in [-0.2, -0.15) is 0 Å². The average Bonchev–Trinajstić information content (AvgIpc) is 2.84. The molecule has 0 fully saturated rings. The molecule has 5 heteroatoms. The van der Waals surface area contributed by atoms with Gasteiger partial charge in [0.15, 0.2) is 6.29 Å². The second-order valence-electron chi connectivity index (χ2n) is 4.26. The number of aldehydes is 1. The van der Waals surface area contributed by atoms with E-state index in [2.05, 4.69) is 5.32 Å². The number of nitrogens with one attached hydrogen (secondary N) is 1. The highest BCUT2D eigenvalue weighted by atomic mass is 16.2. The lowest BCUT2D eigenvalue weighted by Gasteiger charge is -2.05. The zero-order chi connectivity index (χ0) is 13.3. The molecule has 0 atom stereocenters. The summed E-state index contributed by atoms with van der Waals surface area (Å²) in [5.41, 5.74) is 2.74. The minimum absolute atomic E-state index is 0.186. The predicted molar refractivity (Wildman–Crippen MR) is 68.9 cm³/mol. The molecule has 0 aromatic carbocycles. The van der Waals surface area contributed by atoms with Crippen molar-refractivity contribution in [2.45, 2.75) is 6.92 Å². The minimum Gasteiger partial charge on any atom is -0.346 e. The first-order chi connectivity index (χ1) is 8.52. The van der Waals surface area contributed by atoms with E-state index >= 15 is 0 Å². The molecule has 18 heavy (non-hydrogen) atoms. The van der Waals surface area contributed by atoms with Crippen molar-refractivity contribution in [1.29, 1.82) is 0 Å². The van der Waals surface area contributed by atoms with Crippen LogP contribution in [-0.4, -0.2) is 21.3 Å². The normalized spacial score (nSPS) is 10.4. The molecule has 1 amide bonds. The smallest absolute Gasteiger partial charge is 0.272 e. The largest absolute Gasteiger partial charge is 0.346 e. The van der Waals surface area contributed by atoms with Crippen LogP contribution in [-0.2, 0) is 14.1 Å². The van der Waals surface area contributed by atoms with E-state index in [0.29, 0.717) is 17.1 Å². The molecule has 0 saturated heterocycles. The Balaban J connectivity index is 2.21. The number of aryl methyl sites for hydroxylation is 2. The SMILES string of the molecule is Cc1ccc(C(=O)Nc2cc(C=O)n(C)c2)n1C. The van der Waals surface area contributed by atoms with E-state index in [0.717, 1.165) is 12.0 Å². The number of rotatable bonds is 3. The molecule has 94 valence electrons. The van der Waals surface area contributed by atoms with Crippen molar-refractivity contribution in [1.82, 2.24) is 9.13 Å². The summed E-state index contributed by atoms with van der Waals surface area (Å²) >= 11 is 0. The summed E-state index contributed by atoms with van der Waals surface area (Å²) in [6, 6.07) is 5.30. The molecule has 0 unspecified atom stereocenters. The first kappa shape index (κ1) is 12.2. The summed E-state index contributed by atoms with van der Waals surface area (Å²) in [5.74, 6) is -0.186. The van der Waals surface area contributed by atoms with Gasteiger partial charge in [-0.3, -0.25) is 9.59 Å². The molecule has 2 aromatic rings. The minimum atomic E-state index is -0.186. The molecule has 1 N–H and O–H groups in total. The number of hydrogen-bond donors (Lipinski definition) is 1. The van der Waals surface area contributed by atoms with E-state index < -0.39 is 0 Å². The van der Waals surface area contributed by atoms with Crippen LogP contribution in [0.3, 0.4) is 0 Å². The van der Waals surface area contributed by atoms with E-state index in [4.69, 9.17) is 0 Å². The molecular formula is C13H15N3O2. The summed E-state index contributed by atoms with van der Waals surface area (Å²) in [4.78, 5) is 22.7. The Labute approximate surface area is 105 Å². The highest BCUT2D eigenvalue weighted by molar-refractivity contribution is 6.03. The predicted octanol–water partition coefficient (Wildman–Crippen LogP) is 1.74. The monoisotopic (exact) mass is 245 g/mol. The molecule has 0 bridgehead atoms. The molecule has 0 saturated carbocycles. The zero-order valence-electron chi connectivity index (χ0n) is 10.6. The number of hydrogen-bond acceptors (Lipinski definition) is 2. The quantitative estimate of drug-likeness (QED) is 0.837. The maximum Gasteiger partial charge on any atom is 0.272 e. The molecule has 5 nitrogen and oxygen atoms in total. The van der Waals surface area contributed by atoms with E-state index in [9.17, 15) is 9.59 Å². The highest BCUT2D eigenvalue weighted by Gasteiger charge is 2.12. The van der Waals surface area contributed by atoms with Gasteiger partial charge in [-0.15, -0.1) is 0 Å². The average molecular weight is 245 g/mol. The maximum absolute atomic E-state index is 12.0. The fourth-order valence-electron chi connectivity index (χ4n) is 1.80. The third-order valence-corrected chi connectivity index (χ3v) is 3.03. The van der Waals surface area contributed by atoms with Crippen LogP contribution in [0.5, 0.6) is 0 Å². The molecule has 0 radical (unpaired) electrons. The molecule has 0 aliphatic carbocycles. The van der Waals surface area contributed by atoms with Crippen molar-refractivity contribution in [2.24, 2.45) is 14.1 Å². The maximum atomic E-state index is 12.0. The van der Waals surface area contributed by atoms with Crippen LogP contribution < -0.4 is 5.32 Å². The Morgan fingerprint density at radius 2 is 2.06 bits per heavy atom. The summed E-state index contributed by atoms with van der Waals surface area (Å²) in [6.07, 6.45) is 2.46. The van der Waals surface area contributed by atoms with Crippen molar-refractivity contribution < 1.29 is 9.59 Å². The van der Waals surface area contributed by atoms with Crippen molar-refractivity contribution in [2.75, 3.05) is 5.32 Å². The van der Waals surface area contributed by atoms with Gasteiger partial charge >= 0.3 is 0 Å². The van der Waals surface area contributed by atoms with E-state index in [-0.39, 0.29) is 5.91 Å². The second kappa shape index (κ2) is 4.52. The number of carbonyl (C=O) groups is 2. The van der Waals surface area contributed by atoms with Crippen molar-refractivity contribution in [3.05, 3.63) is 41.5 Å². The van der Waals surface area contributed by atoms with Gasteiger partial charge in [0.05, 0.1) is 11.4 Å². The van der Waals surface area contributed by atoms with Crippen molar-refractivity contribution >= 4 is 17.9 Å². The Bertz CT molecular complexity index is 608. The fourth-order valence-corrected chi connectivity index (χ4v) is 1.80. The second-order valence-corrected chi connectivity index (χ2v) is 4.26. The van der Waals surface area contributed by atoms with Gasteiger partial charge in [-0.05, 0) is 25.1 Å². The lowest BCUT2D eigenvalue weighted by molar-refractivity contribution is 0.101. The Morgan fingerprint density at radius 1 is 1.33 bits per heavy atom. The van der Waals surface area contributed by atoms with Gasteiger partial charge in [-0.1, -0.05) is 0 Å². The van der Waals surface area contributed by atoms with Crippen molar-refractivity contribution in [3.63, 3.8) is 0 Å². The Hall–Kier alpha value is -2.30. The first-order valence-corrected chi connectivity index (χ1v) is 5.58. The van der Waals surface area contributed by atoms with Gasteiger partial charge in [0.1, 0.15) is 5.69 Å². The number of aromatic nitrogens is 2. The number of carbonyl (C=O) groups excluding carboxylic acids is 2. The number of nitrogens with zero attached hydrogens (tertiary/aromatic N) is 2. The molecule has 2 rings (SSSR count). The summed E-state index contributed by atoms with van der Waals surface area (Å²) in [5, 5.41) is 2.77. The van der Waals surface area contributed by atoms with E-state index in [1.54, 1.807) is 29.9 Å². The van der Waals surface area contributed by atoms with Crippen LogP contribution in [0.4, 0.5) is 5.69 Å². The van der Waals surface area contributed by atoms with Crippen molar-refractivity contribution in [3.8, 4) is 0 Å².